The van der Waals surface area contributed by atoms with E-state index in [0.717, 1.165) is 36.2 Å². The number of nitrogens with zero attached hydrogens (tertiary/aromatic N) is 3. The van der Waals surface area contributed by atoms with Crippen molar-refractivity contribution in [1.82, 2.24) is 14.5 Å². The number of amides is 1. The summed E-state index contributed by atoms with van der Waals surface area (Å²) in [5, 5.41) is 0.758. The van der Waals surface area contributed by atoms with Gasteiger partial charge in [0.05, 0.1) is 0 Å². The molecule has 1 amide bonds. The molecule has 2 aromatic heterocycles. The van der Waals surface area contributed by atoms with E-state index in [-0.39, 0.29) is 11.5 Å². The van der Waals surface area contributed by atoms with Crippen molar-refractivity contribution in [2.24, 2.45) is 5.92 Å². The highest BCUT2D eigenvalue weighted by Gasteiger charge is 2.26. The number of hydrogen-bond acceptors (Lipinski definition) is 4. The molecule has 1 fully saturated rings. The Labute approximate surface area is 179 Å². The lowest BCUT2D eigenvalue weighted by Gasteiger charge is -2.32. The highest BCUT2D eigenvalue weighted by atomic mass is 16.4. The van der Waals surface area contributed by atoms with Crippen molar-refractivity contribution in [2.75, 3.05) is 13.1 Å². The molecule has 0 N–H and O–H groups in total. The molecular weight excluding hydrogens is 390 g/mol. The van der Waals surface area contributed by atoms with Crippen molar-refractivity contribution < 1.29 is 9.21 Å². The number of carbonyl (C=O) groups is 1. The lowest BCUT2D eigenvalue weighted by molar-refractivity contribution is 0.0679. The van der Waals surface area contributed by atoms with E-state index >= 15 is 0 Å². The second-order valence-electron chi connectivity index (χ2n) is 7.99. The molecule has 0 radical (unpaired) electrons. The highest BCUT2D eigenvalue weighted by Crippen LogP contribution is 2.24. The SMILES string of the molecule is O=C(c1cc2ccccc2oc1=O)N1CCC(Cn2ccnc2-c2ccccc2)CC1. The zero-order valence-electron chi connectivity index (χ0n) is 17.1. The number of hydrogen-bond donors (Lipinski definition) is 0. The third kappa shape index (κ3) is 3.89. The molecule has 0 saturated carbocycles. The van der Waals surface area contributed by atoms with Gasteiger partial charge >= 0.3 is 5.63 Å². The van der Waals surface area contributed by atoms with Crippen molar-refractivity contribution in [3.05, 3.63) is 89.0 Å². The van der Waals surface area contributed by atoms with E-state index in [0.29, 0.717) is 24.6 Å². The minimum Gasteiger partial charge on any atom is -0.422 e. The Kier molecular flexibility index (Phi) is 5.12. The van der Waals surface area contributed by atoms with Crippen LogP contribution in [0, 0.1) is 5.92 Å². The van der Waals surface area contributed by atoms with Crippen molar-refractivity contribution in [2.45, 2.75) is 19.4 Å². The fraction of sp³-hybridized carbons (Fsp3) is 0.240. The molecule has 1 saturated heterocycles. The first-order valence-corrected chi connectivity index (χ1v) is 10.6. The third-order valence-corrected chi connectivity index (χ3v) is 5.98. The second-order valence-corrected chi connectivity index (χ2v) is 7.99. The molecule has 0 spiro atoms. The summed E-state index contributed by atoms with van der Waals surface area (Å²) in [6.45, 7) is 2.13. The maximum Gasteiger partial charge on any atom is 0.349 e. The smallest absolute Gasteiger partial charge is 0.349 e. The molecule has 0 atom stereocenters. The number of fused-ring (bicyclic) bond motifs is 1. The van der Waals surface area contributed by atoms with Crippen LogP contribution in [0.25, 0.3) is 22.4 Å². The van der Waals surface area contributed by atoms with E-state index in [4.69, 9.17) is 4.42 Å². The van der Waals surface area contributed by atoms with Crippen LogP contribution in [0.2, 0.25) is 0 Å². The van der Waals surface area contributed by atoms with Crippen molar-refractivity contribution in [3.63, 3.8) is 0 Å². The van der Waals surface area contributed by atoms with Crippen LogP contribution >= 0.6 is 0 Å². The number of aromatic nitrogens is 2. The van der Waals surface area contributed by atoms with Gasteiger partial charge in [-0.3, -0.25) is 4.79 Å². The zero-order chi connectivity index (χ0) is 21.2. The molecule has 4 aromatic rings. The molecule has 2 aromatic carbocycles. The summed E-state index contributed by atoms with van der Waals surface area (Å²) in [4.78, 5) is 31.6. The molecule has 3 heterocycles. The van der Waals surface area contributed by atoms with Crippen molar-refractivity contribution >= 4 is 16.9 Å². The maximum absolute atomic E-state index is 13.0. The summed E-state index contributed by atoms with van der Waals surface area (Å²) in [6.07, 6.45) is 5.62. The van der Waals surface area contributed by atoms with Crippen LogP contribution in [-0.4, -0.2) is 33.4 Å². The van der Waals surface area contributed by atoms with E-state index in [1.54, 1.807) is 23.1 Å². The molecule has 156 valence electrons. The van der Waals surface area contributed by atoms with Crippen LogP contribution in [0.5, 0.6) is 0 Å². The number of para-hydroxylation sites is 1. The van der Waals surface area contributed by atoms with Gasteiger partial charge in [0.15, 0.2) is 0 Å². The Hall–Kier alpha value is -3.67. The van der Waals surface area contributed by atoms with Crippen LogP contribution in [-0.2, 0) is 6.54 Å². The summed E-state index contributed by atoms with van der Waals surface area (Å²) in [5.41, 5.74) is 1.13. The normalized spacial score (nSPS) is 14.8. The van der Waals surface area contributed by atoms with Crippen LogP contribution in [0.3, 0.4) is 0 Å². The quantitative estimate of drug-likeness (QED) is 0.470. The second kappa shape index (κ2) is 8.22. The first kappa shape index (κ1) is 19.3. The Morgan fingerprint density at radius 2 is 1.77 bits per heavy atom. The molecule has 6 heteroatoms. The average Bonchev–Trinajstić information content (AvgIpc) is 3.27. The van der Waals surface area contributed by atoms with Gasteiger partial charge in [-0.25, -0.2) is 9.78 Å². The van der Waals surface area contributed by atoms with Gasteiger partial charge in [0.25, 0.3) is 5.91 Å². The summed E-state index contributed by atoms with van der Waals surface area (Å²) in [7, 11) is 0. The number of piperidine rings is 1. The van der Waals surface area contributed by atoms with Crippen LogP contribution in [0.15, 0.2) is 82.3 Å². The number of likely N-dealkylation sites (tertiary alicyclic amines) is 1. The van der Waals surface area contributed by atoms with E-state index in [9.17, 15) is 9.59 Å². The predicted molar refractivity (Wildman–Crippen MR) is 119 cm³/mol. The highest BCUT2D eigenvalue weighted by molar-refractivity contribution is 5.96. The van der Waals surface area contributed by atoms with Gasteiger partial charge in [-0.05, 0) is 30.9 Å². The van der Waals surface area contributed by atoms with E-state index < -0.39 is 5.63 Å². The molecule has 1 aliphatic heterocycles. The average molecular weight is 413 g/mol. The zero-order valence-corrected chi connectivity index (χ0v) is 17.1. The minimum absolute atomic E-state index is 0.109. The Bertz CT molecular complexity index is 1270. The fourth-order valence-electron chi connectivity index (χ4n) is 4.28. The number of carbonyl (C=O) groups excluding carboxylic acids is 1. The summed E-state index contributed by atoms with van der Waals surface area (Å²) in [6, 6.07) is 19.1. The van der Waals surface area contributed by atoms with Crippen LogP contribution < -0.4 is 5.63 Å². The summed E-state index contributed by atoms with van der Waals surface area (Å²) >= 11 is 0. The molecule has 6 nitrogen and oxygen atoms in total. The predicted octanol–water partition coefficient (Wildman–Crippen LogP) is 4.21. The van der Waals surface area contributed by atoms with Gasteiger partial charge in [0.2, 0.25) is 0 Å². The topological polar surface area (TPSA) is 68.3 Å². The van der Waals surface area contributed by atoms with Crippen molar-refractivity contribution in [3.8, 4) is 11.4 Å². The number of benzene rings is 2. The third-order valence-electron chi connectivity index (χ3n) is 5.98. The van der Waals surface area contributed by atoms with Gasteiger partial charge in [0, 0.05) is 43.0 Å². The summed E-state index contributed by atoms with van der Waals surface area (Å²) < 4.78 is 7.53. The van der Waals surface area contributed by atoms with Gasteiger partial charge < -0.3 is 13.9 Å². The number of imidazole rings is 1. The first-order chi connectivity index (χ1) is 15.2. The first-order valence-electron chi connectivity index (χ1n) is 10.6. The van der Waals surface area contributed by atoms with E-state index in [2.05, 4.69) is 21.7 Å². The molecule has 0 bridgehead atoms. The minimum atomic E-state index is -0.572. The van der Waals surface area contributed by atoms with Gasteiger partial charge in [0.1, 0.15) is 17.0 Å². The van der Waals surface area contributed by atoms with E-state index in [1.807, 2.05) is 42.7 Å². The molecular formula is C25H23N3O3. The molecule has 5 rings (SSSR count). The molecule has 0 unspecified atom stereocenters. The number of rotatable bonds is 4. The monoisotopic (exact) mass is 413 g/mol. The van der Waals surface area contributed by atoms with Gasteiger partial charge in [-0.1, -0.05) is 48.5 Å². The Morgan fingerprint density at radius 1 is 1.03 bits per heavy atom. The van der Waals surface area contributed by atoms with Crippen LogP contribution in [0.1, 0.15) is 23.2 Å². The fourth-order valence-corrected chi connectivity index (χ4v) is 4.28. The lowest BCUT2D eigenvalue weighted by Crippen LogP contribution is -2.40. The summed E-state index contributed by atoms with van der Waals surface area (Å²) in [5.74, 6) is 1.17. The van der Waals surface area contributed by atoms with Gasteiger partial charge in [-0.15, -0.1) is 0 Å². The Balaban J connectivity index is 1.26. The largest absolute Gasteiger partial charge is 0.422 e. The van der Waals surface area contributed by atoms with E-state index in [1.165, 1.54) is 0 Å². The lowest BCUT2D eigenvalue weighted by atomic mass is 9.96. The molecule has 0 aliphatic carbocycles. The maximum atomic E-state index is 13.0. The standard InChI is InChI=1S/C25H23N3O3/c29-24(21-16-20-8-4-5-9-22(20)31-25(21)30)27-13-10-18(11-14-27)17-28-15-12-26-23(28)19-6-2-1-3-7-19/h1-9,12,15-16,18H,10-11,13-14,17H2. The molecule has 1 aliphatic rings. The van der Waals surface area contributed by atoms with Gasteiger partial charge in [-0.2, -0.15) is 0 Å². The van der Waals surface area contributed by atoms with Crippen LogP contribution in [0.4, 0.5) is 0 Å². The molecule has 31 heavy (non-hydrogen) atoms. The van der Waals surface area contributed by atoms with Crippen molar-refractivity contribution in [1.29, 1.82) is 0 Å². The Morgan fingerprint density at radius 3 is 2.58 bits per heavy atom.